The molecule has 0 saturated carbocycles. The van der Waals surface area contributed by atoms with E-state index in [9.17, 15) is 0 Å². The summed E-state index contributed by atoms with van der Waals surface area (Å²) in [5.41, 5.74) is 7.30. The van der Waals surface area contributed by atoms with Crippen LogP contribution in [0.15, 0.2) is 18.2 Å². The number of nitrogen functional groups attached to an aromatic ring is 1. The second kappa shape index (κ2) is 5.73. The van der Waals surface area contributed by atoms with Crippen molar-refractivity contribution in [3.63, 3.8) is 0 Å². The first kappa shape index (κ1) is 11.1. The summed E-state index contributed by atoms with van der Waals surface area (Å²) in [6.07, 6.45) is 0. The molecule has 0 unspecified atom stereocenters. The van der Waals surface area contributed by atoms with E-state index in [1.54, 1.807) is 12.1 Å². The Morgan fingerprint density at radius 2 is 2.29 bits per heavy atom. The lowest BCUT2D eigenvalue weighted by Gasteiger charge is -2.09. The average molecular weight is 215 g/mol. The second-order valence-electron chi connectivity index (χ2n) is 2.86. The summed E-state index contributed by atoms with van der Waals surface area (Å²) in [4.78, 5) is 0. The molecular formula is C10H15ClN2O. The van der Waals surface area contributed by atoms with Crippen LogP contribution in [0.1, 0.15) is 6.92 Å². The number of halogens is 1. The highest BCUT2D eigenvalue weighted by Gasteiger charge is 1.98. The molecule has 0 bridgehead atoms. The van der Waals surface area contributed by atoms with Gasteiger partial charge in [0.05, 0.1) is 18.0 Å². The van der Waals surface area contributed by atoms with Crippen molar-refractivity contribution in [3.8, 4) is 0 Å². The van der Waals surface area contributed by atoms with E-state index < -0.39 is 0 Å². The van der Waals surface area contributed by atoms with Crippen LogP contribution in [0.25, 0.3) is 0 Å². The molecule has 0 spiro atoms. The molecule has 1 aromatic rings. The minimum absolute atomic E-state index is 0.669. The van der Waals surface area contributed by atoms with E-state index >= 15 is 0 Å². The minimum Gasteiger partial charge on any atom is -0.397 e. The fourth-order valence-corrected chi connectivity index (χ4v) is 1.26. The highest BCUT2D eigenvalue weighted by atomic mass is 35.5. The number of hydrogen-bond acceptors (Lipinski definition) is 3. The Labute approximate surface area is 89.2 Å². The highest BCUT2D eigenvalue weighted by molar-refractivity contribution is 6.31. The molecule has 0 atom stereocenters. The van der Waals surface area contributed by atoms with Crippen molar-refractivity contribution in [2.24, 2.45) is 0 Å². The third-order valence-electron chi connectivity index (χ3n) is 1.78. The molecule has 0 aliphatic carbocycles. The Kier molecular flexibility index (Phi) is 4.56. The summed E-state index contributed by atoms with van der Waals surface area (Å²) < 4.78 is 5.19. The van der Waals surface area contributed by atoms with E-state index in [0.29, 0.717) is 17.3 Å². The fraction of sp³-hybridized carbons (Fsp3) is 0.400. The summed E-state index contributed by atoms with van der Waals surface area (Å²) in [5, 5.41) is 3.83. The van der Waals surface area contributed by atoms with Crippen molar-refractivity contribution in [2.45, 2.75) is 6.92 Å². The first-order valence-corrected chi connectivity index (χ1v) is 4.98. The van der Waals surface area contributed by atoms with Crippen LogP contribution in [-0.2, 0) is 4.74 Å². The van der Waals surface area contributed by atoms with Gasteiger partial charge in [0.2, 0.25) is 0 Å². The van der Waals surface area contributed by atoms with Crippen LogP contribution < -0.4 is 11.1 Å². The first-order valence-electron chi connectivity index (χ1n) is 4.60. The molecule has 0 aliphatic rings. The molecule has 14 heavy (non-hydrogen) atoms. The smallest absolute Gasteiger partial charge is 0.0638 e. The number of anilines is 2. The SMILES string of the molecule is CCOCCNc1cc(Cl)ccc1N. The third-order valence-corrected chi connectivity index (χ3v) is 2.02. The van der Waals surface area contributed by atoms with Gasteiger partial charge in [-0.05, 0) is 25.1 Å². The molecule has 0 radical (unpaired) electrons. The van der Waals surface area contributed by atoms with Gasteiger partial charge < -0.3 is 15.8 Å². The molecule has 3 nitrogen and oxygen atoms in total. The van der Waals surface area contributed by atoms with Crippen LogP contribution in [0.3, 0.4) is 0 Å². The van der Waals surface area contributed by atoms with E-state index in [4.69, 9.17) is 22.1 Å². The summed E-state index contributed by atoms with van der Waals surface area (Å²) in [5.74, 6) is 0. The van der Waals surface area contributed by atoms with Crippen molar-refractivity contribution in [3.05, 3.63) is 23.2 Å². The van der Waals surface area contributed by atoms with E-state index in [0.717, 1.165) is 18.8 Å². The summed E-state index contributed by atoms with van der Waals surface area (Å²) in [6.45, 7) is 4.10. The maximum atomic E-state index is 5.83. The van der Waals surface area contributed by atoms with Crippen molar-refractivity contribution < 1.29 is 4.74 Å². The van der Waals surface area contributed by atoms with E-state index in [1.807, 2.05) is 13.0 Å². The van der Waals surface area contributed by atoms with E-state index in [2.05, 4.69) is 5.32 Å². The molecule has 0 fully saturated rings. The zero-order chi connectivity index (χ0) is 10.4. The summed E-state index contributed by atoms with van der Waals surface area (Å²) in [7, 11) is 0. The lowest BCUT2D eigenvalue weighted by atomic mass is 10.2. The first-order chi connectivity index (χ1) is 6.74. The van der Waals surface area contributed by atoms with Gasteiger partial charge in [0.1, 0.15) is 0 Å². The molecule has 0 amide bonds. The standard InChI is InChI=1S/C10H15ClN2O/c1-2-14-6-5-13-10-7-8(11)3-4-9(10)12/h3-4,7,13H,2,5-6,12H2,1H3. The van der Waals surface area contributed by atoms with Crippen LogP contribution in [-0.4, -0.2) is 19.8 Å². The summed E-state index contributed by atoms with van der Waals surface area (Å²) in [6, 6.07) is 5.36. The Hall–Kier alpha value is -0.930. The number of nitrogens with one attached hydrogen (secondary N) is 1. The molecule has 4 heteroatoms. The number of benzene rings is 1. The molecule has 78 valence electrons. The lowest BCUT2D eigenvalue weighted by molar-refractivity contribution is 0.158. The molecule has 0 aromatic heterocycles. The van der Waals surface area contributed by atoms with Gasteiger partial charge in [0, 0.05) is 18.2 Å². The van der Waals surface area contributed by atoms with Gasteiger partial charge in [-0.25, -0.2) is 0 Å². The van der Waals surface area contributed by atoms with Crippen LogP contribution in [0.5, 0.6) is 0 Å². The molecule has 0 heterocycles. The maximum Gasteiger partial charge on any atom is 0.0638 e. The number of hydrogen-bond donors (Lipinski definition) is 2. The molecule has 1 aromatic carbocycles. The fourth-order valence-electron chi connectivity index (χ4n) is 1.08. The molecular weight excluding hydrogens is 200 g/mol. The molecule has 0 aliphatic heterocycles. The predicted molar refractivity (Wildman–Crippen MR) is 60.8 cm³/mol. The van der Waals surface area contributed by atoms with Crippen LogP contribution in [0, 0.1) is 0 Å². The van der Waals surface area contributed by atoms with Crippen LogP contribution >= 0.6 is 11.6 Å². The Morgan fingerprint density at radius 3 is 3.00 bits per heavy atom. The third kappa shape index (κ3) is 3.44. The van der Waals surface area contributed by atoms with E-state index in [1.165, 1.54) is 0 Å². The minimum atomic E-state index is 0.669. The molecule has 1 rings (SSSR count). The lowest BCUT2D eigenvalue weighted by Crippen LogP contribution is -2.10. The van der Waals surface area contributed by atoms with Crippen molar-refractivity contribution >= 4 is 23.0 Å². The van der Waals surface area contributed by atoms with Gasteiger partial charge in [-0.2, -0.15) is 0 Å². The normalized spacial score (nSPS) is 10.1. The van der Waals surface area contributed by atoms with Gasteiger partial charge in [-0.15, -0.1) is 0 Å². The zero-order valence-corrected chi connectivity index (χ0v) is 8.97. The number of nitrogens with two attached hydrogens (primary N) is 1. The molecule has 0 saturated heterocycles. The quantitative estimate of drug-likeness (QED) is 0.585. The van der Waals surface area contributed by atoms with Gasteiger partial charge in [-0.3, -0.25) is 0 Å². The van der Waals surface area contributed by atoms with Crippen molar-refractivity contribution in [1.29, 1.82) is 0 Å². The van der Waals surface area contributed by atoms with Gasteiger partial charge >= 0.3 is 0 Å². The average Bonchev–Trinajstić information content (AvgIpc) is 2.18. The Balaban J connectivity index is 2.45. The number of ether oxygens (including phenoxy) is 1. The van der Waals surface area contributed by atoms with E-state index in [-0.39, 0.29) is 0 Å². The highest BCUT2D eigenvalue weighted by Crippen LogP contribution is 2.22. The largest absolute Gasteiger partial charge is 0.397 e. The van der Waals surface area contributed by atoms with Gasteiger partial charge in [-0.1, -0.05) is 11.6 Å². The number of rotatable bonds is 5. The van der Waals surface area contributed by atoms with Crippen LogP contribution in [0.4, 0.5) is 11.4 Å². The topological polar surface area (TPSA) is 47.3 Å². The Bertz CT molecular complexity index is 291. The molecule has 3 N–H and O–H groups in total. The summed E-state index contributed by atoms with van der Waals surface area (Å²) >= 11 is 5.83. The van der Waals surface area contributed by atoms with Crippen molar-refractivity contribution in [1.82, 2.24) is 0 Å². The monoisotopic (exact) mass is 214 g/mol. The van der Waals surface area contributed by atoms with Gasteiger partial charge in [0.25, 0.3) is 0 Å². The zero-order valence-electron chi connectivity index (χ0n) is 8.22. The van der Waals surface area contributed by atoms with Crippen molar-refractivity contribution in [2.75, 3.05) is 30.8 Å². The van der Waals surface area contributed by atoms with Gasteiger partial charge in [0.15, 0.2) is 0 Å². The van der Waals surface area contributed by atoms with Crippen LogP contribution in [0.2, 0.25) is 5.02 Å². The Morgan fingerprint density at radius 1 is 1.50 bits per heavy atom. The second-order valence-corrected chi connectivity index (χ2v) is 3.29. The predicted octanol–water partition coefficient (Wildman–Crippen LogP) is 2.37. The maximum absolute atomic E-state index is 5.83.